The average molecular weight is 404 g/mol. The molecule has 28 heavy (non-hydrogen) atoms. The Balaban J connectivity index is 1.63. The van der Waals surface area contributed by atoms with E-state index >= 15 is 0 Å². The summed E-state index contributed by atoms with van der Waals surface area (Å²) in [5, 5.41) is 12.2. The Kier molecular flexibility index (Phi) is 6.07. The lowest BCUT2D eigenvalue weighted by atomic mass is 9.91. The van der Waals surface area contributed by atoms with Crippen molar-refractivity contribution in [3.05, 3.63) is 39.8 Å². The van der Waals surface area contributed by atoms with Gasteiger partial charge >= 0.3 is 6.03 Å². The summed E-state index contributed by atoms with van der Waals surface area (Å²) in [6.45, 7) is 6.18. The van der Waals surface area contributed by atoms with Crippen LogP contribution in [0.15, 0.2) is 23.7 Å². The fraction of sp³-hybridized carbons (Fsp3) is 0.550. The highest BCUT2D eigenvalue weighted by Gasteiger charge is 2.30. The van der Waals surface area contributed by atoms with Gasteiger partial charge in [0.2, 0.25) is 0 Å². The van der Waals surface area contributed by atoms with Crippen molar-refractivity contribution in [2.75, 3.05) is 33.7 Å². The fourth-order valence-electron chi connectivity index (χ4n) is 3.58. The Morgan fingerprint density at radius 3 is 2.89 bits per heavy atom. The van der Waals surface area contributed by atoms with Crippen LogP contribution in [-0.2, 0) is 5.41 Å². The number of likely N-dealkylation sites (tertiary alicyclic amines) is 1. The van der Waals surface area contributed by atoms with Crippen molar-refractivity contribution in [3.63, 3.8) is 0 Å². The van der Waals surface area contributed by atoms with E-state index in [2.05, 4.69) is 40.8 Å². The molecule has 152 valence electrons. The van der Waals surface area contributed by atoms with Crippen LogP contribution in [0.5, 0.6) is 0 Å². The van der Waals surface area contributed by atoms with Gasteiger partial charge in [-0.25, -0.2) is 4.79 Å². The number of piperidine rings is 1. The third kappa shape index (κ3) is 4.38. The van der Waals surface area contributed by atoms with Crippen LogP contribution in [0.2, 0.25) is 0 Å². The van der Waals surface area contributed by atoms with Gasteiger partial charge < -0.3 is 15.1 Å². The minimum atomic E-state index is -0.103. The number of thiophene rings is 1. The number of aromatic amines is 1. The van der Waals surface area contributed by atoms with Crippen LogP contribution < -0.4 is 5.32 Å². The molecule has 0 saturated carbocycles. The van der Waals surface area contributed by atoms with Crippen LogP contribution in [0.25, 0.3) is 0 Å². The largest absolute Gasteiger partial charge is 0.345 e. The van der Waals surface area contributed by atoms with E-state index < -0.39 is 0 Å². The number of hydrogen-bond acceptors (Lipinski definition) is 4. The molecule has 1 atom stereocenters. The lowest BCUT2D eigenvalue weighted by molar-refractivity contribution is 0.0825. The maximum Gasteiger partial charge on any atom is 0.317 e. The molecule has 2 aromatic heterocycles. The lowest BCUT2D eigenvalue weighted by Gasteiger charge is -2.34. The maximum atomic E-state index is 12.8. The molecule has 3 heterocycles. The van der Waals surface area contributed by atoms with Crippen molar-refractivity contribution in [1.29, 1.82) is 0 Å². The highest BCUT2D eigenvalue weighted by molar-refractivity contribution is 7.10. The average Bonchev–Trinajstić information content (AvgIpc) is 3.37. The summed E-state index contributed by atoms with van der Waals surface area (Å²) in [6.07, 6.45) is 3.42. The van der Waals surface area contributed by atoms with E-state index in [1.165, 1.54) is 4.88 Å². The zero-order chi connectivity index (χ0) is 20.3. The Hall–Kier alpha value is -2.35. The topological polar surface area (TPSA) is 81.3 Å². The van der Waals surface area contributed by atoms with E-state index in [4.69, 9.17) is 0 Å². The molecule has 1 aliphatic heterocycles. The highest BCUT2D eigenvalue weighted by Crippen LogP contribution is 2.29. The Morgan fingerprint density at radius 1 is 1.43 bits per heavy atom. The molecular weight excluding hydrogens is 374 g/mol. The Morgan fingerprint density at radius 2 is 2.21 bits per heavy atom. The van der Waals surface area contributed by atoms with Crippen molar-refractivity contribution in [1.82, 2.24) is 25.3 Å². The number of aromatic nitrogens is 2. The van der Waals surface area contributed by atoms with Gasteiger partial charge in [0.1, 0.15) is 0 Å². The van der Waals surface area contributed by atoms with Gasteiger partial charge in [-0.2, -0.15) is 5.10 Å². The normalized spacial score (nSPS) is 17.4. The molecule has 2 N–H and O–H groups in total. The predicted octanol–water partition coefficient (Wildman–Crippen LogP) is 3.04. The number of urea groups is 1. The molecule has 3 rings (SSSR count). The van der Waals surface area contributed by atoms with Crippen LogP contribution in [0.3, 0.4) is 0 Å². The molecule has 0 unspecified atom stereocenters. The van der Waals surface area contributed by atoms with Crippen molar-refractivity contribution in [2.45, 2.75) is 38.0 Å². The van der Waals surface area contributed by atoms with Gasteiger partial charge in [-0.05, 0) is 24.3 Å². The number of hydrogen-bond donors (Lipinski definition) is 2. The van der Waals surface area contributed by atoms with Crippen LogP contribution in [0, 0.1) is 0 Å². The summed E-state index contributed by atoms with van der Waals surface area (Å²) in [5.41, 5.74) is 1.32. The second-order valence-corrected chi connectivity index (χ2v) is 9.15. The van der Waals surface area contributed by atoms with E-state index in [-0.39, 0.29) is 23.3 Å². The number of nitrogens with one attached hydrogen (secondary N) is 2. The maximum absolute atomic E-state index is 12.8. The van der Waals surface area contributed by atoms with Gasteiger partial charge in [0, 0.05) is 49.9 Å². The zero-order valence-electron chi connectivity index (χ0n) is 17.0. The summed E-state index contributed by atoms with van der Waals surface area (Å²) in [4.78, 5) is 29.8. The summed E-state index contributed by atoms with van der Waals surface area (Å²) < 4.78 is 0. The van der Waals surface area contributed by atoms with Gasteiger partial charge in [0.05, 0.1) is 17.5 Å². The molecule has 8 heteroatoms. The molecule has 0 spiro atoms. The first-order valence-corrected chi connectivity index (χ1v) is 10.5. The highest BCUT2D eigenvalue weighted by atomic mass is 32.1. The minimum absolute atomic E-state index is 0.0469. The fourth-order valence-corrected chi connectivity index (χ4v) is 4.43. The molecule has 0 bridgehead atoms. The number of amides is 3. The molecule has 3 amide bonds. The van der Waals surface area contributed by atoms with Crippen LogP contribution in [0.1, 0.15) is 53.5 Å². The third-order valence-corrected chi connectivity index (χ3v) is 6.53. The van der Waals surface area contributed by atoms with E-state index in [0.717, 1.165) is 25.1 Å². The lowest BCUT2D eigenvalue weighted by Crippen LogP contribution is -2.48. The predicted molar refractivity (Wildman–Crippen MR) is 111 cm³/mol. The molecule has 2 aromatic rings. The SMILES string of the molecule is CN(C)C(=O)c1cn[nH]c1[C@@H]1CCCN(C(=O)NCC(C)(C)c2cccs2)C1. The molecule has 1 fully saturated rings. The number of rotatable bonds is 5. The first kappa shape index (κ1) is 20.4. The first-order chi connectivity index (χ1) is 13.3. The van der Waals surface area contributed by atoms with Crippen molar-refractivity contribution < 1.29 is 9.59 Å². The first-order valence-electron chi connectivity index (χ1n) is 9.61. The summed E-state index contributed by atoms with van der Waals surface area (Å²) in [6, 6.07) is 4.10. The molecule has 0 aromatic carbocycles. The standard InChI is InChI=1S/C20H29N5O2S/c1-20(2,16-8-6-10-28-16)13-21-19(27)25-9-5-7-14(12-25)17-15(11-22-23-17)18(26)24(3)4/h6,8,10-11,14H,5,7,9,12-13H2,1-4H3,(H,21,27)(H,22,23)/t14-/m1/s1. The Labute approximate surface area is 170 Å². The molecule has 1 saturated heterocycles. The van der Waals surface area contributed by atoms with Gasteiger partial charge in [-0.15, -0.1) is 11.3 Å². The molecule has 7 nitrogen and oxygen atoms in total. The van der Waals surface area contributed by atoms with Gasteiger partial charge in [0.15, 0.2) is 0 Å². The molecule has 0 radical (unpaired) electrons. The van der Waals surface area contributed by atoms with Gasteiger partial charge in [0.25, 0.3) is 5.91 Å². The zero-order valence-corrected chi connectivity index (χ0v) is 17.8. The molecule has 1 aliphatic rings. The monoisotopic (exact) mass is 403 g/mol. The van der Waals surface area contributed by atoms with Gasteiger partial charge in [-0.3, -0.25) is 9.89 Å². The number of carbonyl (C=O) groups excluding carboxylic acids is 2. The van der Waals surface area contributed by atoms with Crippen LogP contribution in [0.4, 0.5) is 4.79 Å². The molecule has 0 aliphatic carbocycles. The third-order valence-electron chi connectivity index (χ3n) is 5.29. The Bertz CT molecular complexity index is 812. The van der Waals surface area contributed by atoms with E-state index in [1.807, 2.05) is 11.0 Å². The summed E-state index contributed by atoms with van der Waals surface area (Å²) in [7, 11) is 3.46. The second-order valence-electron chi connectivity index (χ2n) is 8.20. The van der Waals surface area contributed by atoms with Crippen molar-refractivity contribution in [2.24, 2.45) is 0 Å². The second kappa shape index (κ2) is 8.34. The molecular formula is C20H29N5O2S. The van der Waals surface area contributed by atoms with Crippen LogP contribution >= 0.6 is 11.3 Å². The van der Waals surface area contributed by atoms with Gasteiger partial charge in [-0.1, -0.05) is 19.9 Å². The van der Waals surface area contributed by atoms with Crippen LogP contribution in [-0.4, -0.2) is 65.7 Å². The van der Waals surface area contributed by atoms with E-state index in [0.29, 0.717) is 18.7 Å². The van der Waals surface area contributed by atoms with Crippen molar-refractivity contribution >= 4 is 23.3 Å². The quantitative estimate of drug-likeness (QED) is 0.805. The smallest absolute Gasteiger partial charge is 0.317 e. The number of H-pyrrole nitrogens is 1. The number of nitrogens with zero attached hydrogens (tertiary/aromatic N) is 3. The minimum Gasteiger partial charge on any atom is -0.345 e. The summed E-state index contributed by atoms with van der Waals surface area (Å²) >= 11 is 1.71. The van der Waals surface area contributed by atoms with Crippen molar-refractivity contribution in [3.8, 4) is 0 Å². The number of carbonyl (C=O) groups is 2. The summed E-state index contributed by atoms with van der Waals surface area (Å²) in [5.74, 6) is 0.0224. The van der Waals surface area contributed by atoms with E-state index in [9.17, 15) is 9.59 Å². The van der Waals surface area contributed by atoms with E-state index in [1.54, 1.807) is 36.5 Å².